The quantitative estimate of drug-likeness (QED) is 0.685. The molecule has 1 aromatic carbocycles. The van der Waals surface area contributed by atoms with Crippen LogP contribution in [0.2, 0.25) is 0 Å². The van der Waals surface area contributed by atoms with Crippen LogP contribution in [0.25, 0.3) is 0 Å². The molecule has 15 heavy (non-hydrogen) atoms. The van der Waals surface area contributed by atoms with Gasteiger partial charge in [-0.2, -0.15) is 0 Å². The molecule has 2 heterocycles. The normalized spacial score (nSPS) is 13.5. The molecule has 72 valence electrons. The first kappa shape index (κ1) is 8.36. The molecule has 3 rings (SSSR count). The second-order valence-electron chi connectivity index (χ2n) is 3.59. The summed E-state index contributed by atoms with van der Waals surface area (Å²) in [5, 5.41) is 0. The topological polar surface area (TPSA) is 25.2 Å². The summed E-state index contributed by atoms with van der Waals surface area (Å²) in [4.78, 5) is 8.77. The van der Waals surface area contributed by atoms with E-state index in [-0.39, 0.29) is 0 Å². The maximum Gasteiger partial charge on any atom is 0.155 e. The predicted octanol–water partition coefficient (Wildman–Crippen LogP) is 2.76. The van der Waals surface area contributed by atoms with Gasteiger partial charge < -0.3 is 0 Å². The van der Waals surface area contributed by atoms with Crippen LogP contribution in [0.4, 0.5) is 5.82 Å². The Balaban J connectivity index is 2.02. The van der Waals surface area contributed by atoms with E-state index in [1.165, 1.54) is 11.1 Å². The second-order valence-corrected chi connectivity index (χ2v) is 3.59. The van der Waals surface area contributed by atoms with E-state index in [4.69, 9.17) is 0 Å². The van der Waals surface area contributed by atoms with Crippen LogP contribution in [-0.2, 0) is 6.42 Å². The van der Waals surface area contributed by atoms with Crippen molar-refractivity contribution >= 4 is 11.5 Å². The monoisotopic (exact) mass is 194 g/mol. The van der Waals surface area contributed by atoms with Gasteiger partial charge in [0.2, 0.25) is 0 Å². The fourth-order valence-corrected chi connectivity index (χ4v) is 1.81. The maximum absolute atomic E-state index is 4.53. The van der Waals surface area contributed by atoms with Gasteiger partial charge in [0.1, 0.15) is 0 Å². The molecule has 1 aliphatic heterocycles. The van der Waals surface area contributed by atoms with Crippen LogP contribution in [0.15, 0.2) is 53.7 Å². The van der Waals surface area contributed by atoms with Crippen molar-refractivity contribution in [3.05, 3.63) is 59.8 Å². The summed E-state index contributed by atoms with van der Waals surface area (Å²) in [5.74, 6) is 0.872. The summed E-state index contributed by atoms with van der Waals surface area (Å²) in [6, 6.07) is 14.3. The van der Waals surface area contributed by atoms with Crippen molar-refractivity contribution in [1.29, 1.82) is 0 Å². The lowest BCUT2D eigenvalue weighted by molar-refractivity contribution is 1.25. The molecule has 2 aromatic rings. The smallest absolute Gasteiger partial charge is 0.155 e. The Hall–Kier alpha value is -1.96. The van der Waals surface area contributed by atoms with Crippen LogP contribution in [0.3, 0.4) is 0 Å². The average molecular weight is 194 g/mol. The first-order valence-corrected chi connectivity index (χ1v) is 5.00. The van der Waals surface area contributed by atoms with Crippen molar-refractivity contribution in [2.45, 2.75) is 6.42 Å². The third-order valence-electron chi connectivity index (χ3n) is 2.57. The fourth-order valence-electron chi connectivity index (χ4n) is 1.81. The zero-order chi connectivity index (χ0) is 10.1. The van der Waals surface area contributed by atoms with Crippen molar-refractivity contribution in [3.63, 3.8) is 0 Å². The van der Waals surface area contributed by atoms with Gasteiger partial charge in [-0.3, -0.25) is 0 Å². The molecule has 1 aliphatic rings. The van der Waals surface area contributed by atoms with E-state index in [1.54, 1.807) is 6.20 Å². The summed E-state index contributed by atoms with van der Waals surface area (Å²) < 4.78 is 0. The summed E-state index contributed by atoms with van der Waals surface area (Å²) >= 11 is 0. The third kappa shape index (κ3) is 1.44. The zero-order valence-electron chi connectivity index (χ0n) is 8.22. The lowest BCUT2D eigenvalue weighted by atomic mass is 10.1. The van der Waals surface area contributed by atoms with E-state index in [9.17, 15) is 0 Å². The molecule has 0 unspecified atom stereocenters. The summed E-state index contributed by atoms with van der Waals surface area (Å²) in [6.45, 7) is 0. The van der Waals surface area contributed by atoms with Gasteiger partial charge in [-0.15, -0.1) is 0 Å². The van der Waals surface area contributed by atoms with E-state index in [1.807, 2.05) is 24.3 Å². The summed E-state index contributed by atoms with van der Waals surface area (Å²) in [5.41, 5.74) is 3.52. The van der Waals surface area contributed by atoms with Crippen LogP contribution < -0.4 is 0 Å². The first-order valence-electron chi connectivity index (χ1n) is 5.00. The highest BCUT2D eigenvalue weighted by Gasteiger charge is 2.15. The molecule has 0 atom stereocenters. The molecule has 0 saturated carbocycles. The number of hydrogen-bond acceptors (Lipinski definition) is 2. The third-order valence-corrected chi connectivity index (χ3v) is 2.57. The molecule has 0 bridgehead atoms. The largest absolute Gasteiger partial charge is 0.237 e. The number of fused-ring (bicyclic) bond motifs is 1. The molecule has 2 nitrogen and oxygen atoms in total. The first-order chi connectivity index (χ1) is 7.43. The Kier molecular flexibility index (Phi) is 1.85. The molecule has 0 saturated heterocycles. The van der Waals surface area contributed by atoms with Crippen LogP contribution in [0, 0.1) is 0 Å². The molecular weight excluding hydrogens is 184 g/mol. The van der Waals surface area contributed by atoms with Gasteiger partial charge in [-0.1, -0.05) is 36.4 Å². The van der Waals surface area contributed by atoms with Gasteiger partial charge in [0.25, 0.3) is 0 Å². The molecule has 1 aromatic heterocycles. The van der Waals surface area contributed by atoms with Crippen molar-refractivity contribution in [3.8, 4) is 0 Å². The molecule has 0 spiro atoms. The maximum atomic E-state index is 4.53. The molecule has 0 amide bonds. The van der Waals surface area contributed by atoms with Crippen LogP contribution >= 0.6 is 0 Å². The van der Waals surface area contributed by atoms with Gasteiger partial charge in [0, 0.05) is 18.2 Å². The fraction of sp³-hybridized carbons (Fsp3) is 0.0769. The minimum Gasteiger partial charge on any atom is -0.237 e. The van der Waals surface area contributed by atoms with Gasteiger partial charge in [0.15, 0.2) is 5.82 Å². The zero-order valence-corrected chi connectivity index (χ0v) is 8.22. The highest BCUT2D eigenvalue weighted by Crippen LogP contribution is 2.25. The van der Waals surface area contributed by atoms with E-state index >= 15 is 0 Å². The second kappa shape index (κ2) is 3.31. The number of rotatable bonds is 1. The van der Waals surface area contributed by atoms with Crippen molar-refractivity contribution in [1.82, 2.24) is 4.98 Å². The Bertz CT molecular complexity index is 515. The standard InChI is InChI=1S/C13H10N2/c1-2-5-10(6-3-1)12-9-11-7-4-8-14-13(11)15-12/h1-8H,9H2. The molecular formula is C13H10N2. The Morgan fingerprint density at radius 2 is 1.80 bits per heavy atom. The minimum absolute atomic E-state index is 0.872. The van der Waals surface area contributed by atoms with Gasteiger partial charge in [0.05, 0.1) is 5.71 Å². The van der Waals surface area contributed by atoms with E-state index in [0.717, 1.165) is 18.0 Å². The van der Waals surface area contributed by atoms with Gasteiger partial charge in [-0.05, 0) is 11.6 Å². The van der Waals surface area contributed by atoms with Crippen LogP contribution in [0.1, 0.15) is 11.1 Å². The van der Waals surface area contributed by atoms with E-state index in [2.05, 4.69) is 28.2 Å². The number of benzene rings is 1. The van der Waals surface area contributed by atoms with Crippen molar-refractivity contribution in [2.24, 2.45) is 4.99 Å². The number of hydrogen-bond donors (Lipinski definition) is 0. The predicted molar refractivity (Wildman–Crippen MR) is 60.6 cm³/mol. The Morgan fingerprint density at radius 1 is 0.933 bits per heavy atom. The average Bonchev–Trinajstić information content (AvgIpc) is 2.74. The Labute approximate surface area is 88.3 Å². The minimum atomic E-state index is 0.872. The lowest BCUT2D eigenvalue weighted by Gasteiger charge is -1.97. The number of aliphatic imine (C=N–C) groups is 1. The Morgan fingerprint density at radius 3 is 2.60 bits per heavy atom. The molecule has 2 heteroatoms. The van der Waals surface area contributed by atoms with Crippen LogP contribution in [-0.4, -0.2) is 10.7 Å². The molecule has 0 radical (unpaired) electrons. The number of nitrogens with zero attached hydrogens (tertiary/aromatic N) is 2. The highest BCUT2D eigenvalue weighted by molar-refractivity contribution is 6.05. The van der Waals surface area contributed by atoms with Crippen molar-refractivity contribution in [2.75, 3.05) is 0 Å². The molecule has 0 N–H and O–H groups in total. The van der Waals surface area contributed by atoms with Gasteiger partial charge in [-0.25, -0.2) is 9.98 Å². The summed E-state index contributed by atoms with van der Waals surface area (Å²) in [7, 11) is 0. The number of aromatic nitrogens is 1. The molecule has 0 aliphatic carbocycles. The van der Waals surface area contributed by atoms with E-state index < -0.39 is 0 Å². The molecule has 0 fully saturated rings. The van der Waals surface area contributed by atoms with E-state index in [0.29, 0.717) is 0 Å². The number of pyridine rings is 1. The SMILES string of the molecule is c1ccc(C2=Nc3ncccc3C2)cc1. The lowest BCUT2D eigenvalue weighted by Crippen LogP contribution is -1.99. The van der Waals surface area contributed by atoms with Gasteiger partial charge >= 0.3 is 0 Å². The van der Waals surface area contributed by atoms with Crippen molar-refractivity contribution < 1.29 is 0 Å². The highest BCUT2D eigenvalue weighted by atomic mass is 14.9. The van der Waals surface area contributed by atoms with Crippen LogP contribution in [0.5, 0.6) is 0 Å². The summed E-state index contributed by atoms with van der Waals surface area (Å²) in [6.07, 6.45) is 2.68.